The van der Waals surface area contributed by atoms with Crippen molar-refractivity contribution < 1.29 is 4.74 Å². The monoisotopic (exact) mass is 313 g/mol. The van der Waals surface area contributed by atoms with Crippen molar-refractivity contribution in [2.75, 3.05) is 0 Å². The molecule has 1 aromatic rings. The molecule has 1 atom stereocenters. The molecule has 0 N–H and O–H groups in total. The van der Waals surface area contributed by atoms with Crippen molar-refractivity contribution in [2.24, 2.45) is 5.41 Å². The fraction of sp³-hybridized carbons (Fsp3) is 0.667. The number of pyridine rings is 1. The summed E-state index contributed by atoms with van der Waals surface area (Å²) >= 11 is 3.76. The van der Waals surface area contributed by atoms with Crippen LogP contribution < -0.4 is 4.74 Å². The molecule has 1 aromatic heterocycles. The second-order valence-corrected chi connectivity index (χ2v) is 7.17. The Morgan fingerprint density at radius 1 is 1.28 bits per heavy atom. The van der Waals surface area contributed by atoms with Crippen LogP contribution in [0.1, 0.15) is 46.6 Å². The predicted molar refractivity (Wildman–Crippen MR) is 80.5 cm³/mol. The normalized spacial score (nSPS) is 13.7. The summed E-state index contributed by atoms with van der Waals surface area (Å²) < 4.78 is 5.65. The van der Waals surface area contributed by atoms with Gasteiger partial charge < -0.3 is 4.74 Å². The molecule has 1 unspecified atom stereocenters. The number of hydrogen-bond donors (Lipinski definition) is 0. The fourth-order valence-electron chi connectivity index (χ4n) is 1.66. The molecular formula is C15H24BrNO. The molecule has 1 rings (SSSR count). The largest absolute Gasteiger partial charge is 0.489 e. The molecule has 0 saturated carbocycles. The van der Waals surface area contributed by atoms with Crippen molar-refractivity contribution in [3.05, 3.63) is 24.0 Å². The number of nitrogens with zero attached hydrogens (tertiary/aromatic N) is 1. The maximum Gasteiger partial charge on any atom is 0.138 e. The Bertz CT molecular complexity index is 371. The zero-order chi connectivity index (χ0) is 13.8. The molecule has 0 spiro atoms. The number of aryl methyl sites for hydroxylation is 1. The van der Waals surface area contributed by atoms with E-state index in [1.165, 1.54) is 5.56 Å². The fourth-order valence-corrected chi connectivity index (χ4v) is 1.89. The van der Waals surface area contributed by atoms with Crippen LogP contribution in [-0.4, -0.2) is 15.9 Å². The van der Waals surface area contributed by atoms with Gasteiger partial charge in [0.05, 0.1) is 12.3 Å². The van der Waals surface area contributed by atoms with Crippen LogP contribution in [0.15, 0.2) is 18.5 Å². The predicted octanol–water partition coefficient (Wildman–Crippen LogP) is 4.61. The van der Waals surface area contributed by atoms with Crippen molar-refractivity contribution in [2.45, 2.75) is 58.4 Å². The van der Waals surface area contributed by atoms with E-state index in [-0.39, 0.29) is 6.10 Å². The standard InChI is InChI=1S/C15H24BrNO/c1-11(2)18-13-8-12(9-17-10-13)6-7-14(16)15(3,4)5/h8-11,14H,6-7H2,1-5H3. The van der Waals surface area contributed by atoms with Gasteiger partial charge in [-0.2, -0.15) is 0 Å². The van der Waals surface area contributed by atoms with Crippen LogP contribution in [-0.2, 0) is 6.42 Å². The van der Waals surface area contributed by atoms with E-state index in [9.17, 15) is 0 Å². The lowest BCUT2D eigenvalue weighted by Crippen LogP contribution is -2.20. The minimum absolute atomic E-state index is 0.195. The highest BCUT2D eigenvalue weighted by Gasteiger charge is 2.21. The van der Waals surface area contributed by atoms with E-state index in [0.29, 0.717) is 10.2 Å². The summed E-state index contributed by atoms with van der Waals surface area (Å²) in [5.41, 5.74) is 1.53. The Balaban J connectivity index is 2.57. The summed E-state index contributed by atoms with van der Waals surface area (Å²) in [6.45, 7) is 10.8. The summed E-state index contributed by atoms with van der Waals surface area (Å²) in [6.07, 6.45) is 6.03. The summed E-state index contributed by atoms with van der Waals surface area (Å²) in [4.78, 5) is 4.75. The number of aromatic nitrogens is 1. The Kier molecular flexibility index (Phi) is 5.64. The molecule has 0 bridgehead atoms. The third-order valence-electron chi connectivity index (χ3n) is 2.77. The van der Waals surface area contributed by atoms with E-state index >= 15 is 0 Å². The molecule has 3 heteroatoms. The molecule has 0 aromatic carbocycles. The Labute approximate surface area is 119 Å². The molecule has 0 radical (unpaired) electrons. The number of hydrogen-bond acceptors (Lipinski definition) is 2. The third-order valence-corrected chi connectivity index (χ3v) is 4.60. The number of ether oxygens (including phenoxy) is 1. The third kappa shape index (κ3) is 5.38. The number of alkyl halides is 1. The van der Waals surface area contributed by atoms with Crippen LogP contribution in [0.5, 0.6) is 5.75 Å². The average Bonchev–Trinajstić information content (AvgIpc) is 2.24. The van der Waals surface area contributed by atoms with Crippen molar-refractivity contribution in [1.29, 1.82) is 0 Å². The molecule has 0 saturated heterocycles. The maximum atomic E-state index is 5.65. The van der Waals surface area contributed by atoms with Gasteiger partial charge in [-0.3, -0.25) is 4.98 Å². The Morgan fingerprint density at radius 2 is 1.94 bits per heavy atom. The van der Waals surface area contributed by atoms with Gasteiger partial charge in [-0.25, -0.2) is 0 Å². The molecule has 0 fully saturated rings. The van der Waals surface area contributed by atoms with Gasteiger partial charge in [-0.1, -0.05) is 36.7 Å². The van der Waals surface area contributed by atoms with Gasteiger partial charge in [0.25, 0.3) is 0 Å². The van der Waals surface area contributed by atoms with Gasteiger partial charge in [0.15, 0.2) is 0 Å². The van der Waals surface area contributed by atoms with Crippen molar-refractivity contribution >= 4 is 15.9 Å². The lowest BCUT2D eigenvalue weighted by Gasteiger charge is -2.25. The van der Waals surface area contributed by atoms with Crippen LogP contribution in [0, 0.1) is 5.41 Å². The number of halogens is 1. The first-order valence-electron chi connectivity index (χ1n) is 6.53. The Morgan fingerprint density at radius 3 is 2.50 bits per heavy atom. The van der Waals surface area contributed by atoms with E-state index in [2.05, 4.69) is 47.8 Å². The van der Waals surface area contributed by atoms with E-state index in [4.69, 9.17) is 4.74 Å². The zero-order valence-electron chi connectivity index (χ0n) is 12.0. The molecule has 2 nitrogen and oxygen atoms in total. The quantitative estimate of drug-likeness (QED) is 0.740. The smallest absolute Gasteiger partial charge is 0.138 e. The van der Waals surface area contributed by atoms with E-state index < -0.39 is 0 Å². The average molecular weight is 314 g/mol. The first-order valence-corrected chi connectivity index (χ1v) is 7.45. The van der Waals surface area contributed by atoms with E-state index in [1.54, 1.807) is 6.20 Å². The van der Waals surface area contributed by atoms with E-state index in [0.717, 1.165) is 18.6 Å². The van der Waals surface area contributed by atoms with Crippen LogP contribution >= 0.6 is 15.9 Å². The first kappa shape index (κ1) is 15.5. The Hall–Kier alpha value is -0.570. The molecular weight excluding hydrogens is 290 g/mol. The molecule has 18 heavy (non-hydrogen) atoms. The second kappa shape index (κ2) is 6.55. The number of rotatable bonds is 5. The van der Waals surface area contributed by atoms with Crippen LogP contribution in [0.4, 0.5) is 0 Å². The molecule has 0 amide bonds. The molecule has 0 aliphatic carbocycles. The highest BCUT2D eigenvalue weighted by Crippen LogP contribution is 2.29. The van der Waals surface area contributed by atoms with Gasteiger partial charge in [0.2, 0.25) is 0 Å². The minimum atomic E-state index is 0.195. The summed E-state index contributed by atoms with van der Waals surface area (Å²) in [5.74, 6) is 0.865. The molecule has 102 valence electrons. The molecule has 0 aliphatic heterocycles. The first-order chi connectivity index (χ1) is 8.29. The van der Waals surface area contributed by atoms with Gasteiger partial charge in [-0.05, 0) is 43.7 Å². The zero-order valence-corrected chi connectivity index (χ0v) is 13.6. The van der Waals surface area contributed by atoms with E-state index in [1.807, 2.05) is 20.0 Å². The van der Waals surface area contributed by atoms with Crippen molar-refractivity contribution in [3.63, 3.8) is 0 Å². The lowest BCUT2D eigenvalue weighted by atomic mass is 9.89. The van der Waals surface area contributed by atoms with Crippen molar-refractivity contribution in [1.82, 2.24) is 4.98 Å². The van der Waals surface area contributed by atoms with Crippen LogP contribution in [0.3, 0.4) is 0 Å². The highest BCUT2D eigenvalue weighted by atomic mass is 79.9. The summed E-state index contributed by atoms with van der Waals surface area (Å²) in [6, 6.07) is 2.09. The lowest BCUT2D eigenvalue weighted by molar-refractivity contribution is 0.241. The van der Waals surface area contributed by atoms with Crippen LogP contribution in [0.2, 0.25) is 0 Å². The topological polar surface area (TPSA) is 22.1 Å². The summed E-state index contributed by atoms with van der Waals surface area (Å²) in [5, 5.41) is 0. The van der Waals surface area contributed by atoms with Gasteiger partial charge in [0.1, 0.15) is 5.75 Å². The van der Waals surface area contributed by atoms with Crippen LogP contribution in [0.25, 0.3) is 0 Å². The van der Waals surface area contributed by atoms with Gasteiger partial charge in [-0.15, -0.1) is 0 Å². The minimum Gasteiger partial charge on any atom is -0.489 e. The second-order valence-electron chi connectivity index (χ2n) is 6.07. The SMILES string of the molecule is CC(C)Oc1cncc(CCC(Br)C(C)(C)C)c1. The molecule has 1 heterocycles. The molecule has 0 aliphatic rings. The van der Waals surface area contributed by atoms with Crippen molar-refractivity contribution in [3.8, 4) is 5.75 Å². The highest BCUT2D eigenvalue weighted by molar-refractivity contribution is 9.09. The van der Waals surface area contributed by atoms with Gasteiger partial charge in [0, 0.05) is 11.0 Å². The summed E-state index contributed by atoms with van der Waals surface area (Å²) in [7, 11) is 0. The maximum absolute atomic E-state index is 5.65. The van der Waals surface area contributed by atoms with Gasteiger partial charge >= 0.3 is 0 Å².